The third-order valence-corrected chi connectivity index (χ3v) is 4.92. The van der Waals surface area contributed by atoms with Gasteiger partial charge in [0.2, 0.25) is 0 Å². The van der Waals surface area contributed by atoms with Crippen LogP contribution >= 0.6 is 0 Å². The number of nitrogens with zero attached hydrogens (tertiary/aromatic N) is 2. The maximum atomic E-state index is 12.8. The molecule has 5 nitrogen and oxygen atoms in total. The average Bonchev–Trinajstić information content (AvgIpc) is 2.48. The van der Waals surface area contributed by atoms with Crippen molar-refractivity contribution >= 4 is 15.7 Å². The second-order valence-electron chi connectivity index (χ2n) is 4.16. The van der Waals surface area contributed by atoms with Crippen molar-refractivity contribution in [2.75, 3.05) is 10.8 Å². The topological polar surface area (TPSA) is 76.3 Å². The molecule has 6 heteroatoms. The number of para-hydroxylation sites is 1. The molecular weight excluding hydrogens is 274 g/mol. The average molecular weight is 291 g/mol. The van der Waals surface area contributed by atoms with Crippen LogP contribution < -0.4 is 10.0 Å². The predicted molar refractivity (Wildman–Crippen MR) is 78.8 cm³/mol. The molecule has 0 aliphatic heterocycles. The molecule has 0 aliphatic rings. The molecule has 1 heterocycles. The van der Waals surface area contributed by atoms with Gasteiger partial charge in [-0.25, -0.2) is 8.42 Å². The van der Waals surface area contributed by atoms with E-state index >= 15 is 0 Å². The molecule has 0 radical (unpaired) electrons. The van der Waals surface area contributed by atoms with E-state index in [9.17, 15) is 8.42 Å². The summed E-state index contributed by atoms with van der Waals surface area (Å²) in [6.45, 7) is 2.22. The van der Waals surface area contributed by atoms with E-state index in [1.54, 1.807) is 43.5 Å². The number of anilines is 1. The lowest BCUT2D eigenvalue weighted by atomic mass is 10.3. The Balaban J connectivity index is 2.53. The van der Waals surface area contributed by atoms with Crippen LogP contribution in [0.1, 0.15) is 12.6 Å². The van der Waals surface area contributed by atoms with Crippen molar-refractivity contribution in [2.24, 2.45) is 5.73 Å². The Labute approximate surface area is 119 Å². The highest BCUT2D eigenvalue weighted by Gasteiger charge is 2.26. The van der Waals surface area contributed by atoms with Crippen molar-refractivity contribution in [1.82, 2.24) is 4.98 Å². The van der Waals surface area contributed by atoms with E-state index in [0.29, 0.717) is 17.9 Å². The Morgan fingerprint density at radius 2 is 1.85 bits per heavy atom. The van der Waals surface area contributed by atoms with E-state index in [4.69, 9.17) is 5.73 Å². The summed E-state index contributed by atoms with van der Waals surface area (Å²) >= 11 is 0. The summed E-state index contributed by atoms with van der Waals surface area (Å²) in [5.74, 6) is 0. The van der Waals surface area contributed by atoms with E-state index < -0.39 is 10.0 Å². The molecule has 2 aromatic rings. The smallest absolute Gasteiger partial charge is 0.266 e. The van der Waals surface area contributed by atoms with E-state index in [1.807, 2.05) is 6.07 Å². The van der Waals surface area contributed by atoms with E-state index in [0.717, 1.165) is 0 Å². The molecule has 0 saturated carbocycles. The van der Waals surface area contributed by atoms with Gasteiger partial charge >= 0.3 is 0 Å². The SMILES string of the molecule is CCN(c1ccccc1)S(=O)(=O)c1cccnc1CN. The fraction of sp³-hybridized carbons (Fsp3) is 0.214. The summed E-state index contributed by atoms with van der Waals surface area (Å²) in [4.78, 5) is 4.20. The minimum absolute atomic E-state index is 0.0851. The van der Waals surface area contributed by atoms with Crippen LogP contribution in [0.4, 0.5) is 5.69 Å². The molecule has 2 N–H and O–H groups in total. The molecule has 0 unspecified atom stereocenters. The van der Waals surface area contributed by atoms with Crippen LogP contribution in [-0.2, 0) is 16.6 Å². The van der Waals surface area contributed by atoms with Crippen LogP contribution in [0.2, 0.25) is 0 Å². The molecule has 0 atom stereocenters. The Morgan fingerprint density at radius 1 is 1.15 bits per heavy atom. The van der Waals surface area contributed by atoms with Gasteiger partial charge < -0.3 is 5.73 Å². The van der Waals surface area contributed by atoms with Gasteiger partial charge in [-0.2, -0.15) is 0 Å². The first-order valence-electron chi connectivity index (χ1n) is 6.33. The first kappa shape index (κ1) is 14.5. The number of aromatic nitrogens is 1. The van der Waals surface area contributed by atoms with E-state index in [-0.39, 0.29) is 11.4 Å². The number of sulfonamides is 1. The van der Waals surface area contributed by atoms with Gasteiger partial charge in [0.1, 0.15) is 4.90 Å². The standard InChI is InChI=1S/C14H17N3O2S/c1-2-17(12-7-4-3-5-8-12)20(18,19)14-9-6-10-16-13(14)11-15/h3-10H,2,11,15H2,1H3. The summed E-state index contributed by atoms with van der Waals surface area (Å²) in [5, 5.41) is 0. The first-order valence-corrected chi connectivity index (χ1v) is 7.77. The first-order chi connectivity index (χ1) is 9.61. The molecule has 1 aromatic carbocycles. The number of hydrogen-bond acceptors (Lipinski definition) is 4. The molecule has 106 valence electrons. The monoisotopic (exact) mass is 291 g/mol. The normalized spacial score (nSPS) is 11.3. The van der Waals surface area contributed by atoms with Gasteiger partial charge in [0.15, 0.2) is 0 Å². The van der Waals surface area contributed by atoms with Crippen LogP contribution in [0.25, 0.3) is 0 Å². The molecule has 1 aromatic heterocycles. The van der Waals surface area contributed by atoms with Crippen molar-refractivity contribution in [3.05, 3.63) is 54.4 Å². The van der Waals surface area contributed by atoms with Crippen molar-refractivity contribution in [1.29, 1.82) is 0 Å². The number of benzene rings is 1. The van der Waals surface area contributed by atoms with Gasteiger partial charge in [-0.1, -0.05) is 18.2 Å². The molecular formula is C14H17N3O2S. The molecule has 0 amide bonds. The van der Waals surface area contributed by atoms with Crippen molar-refractivity contribution in [3.8, 4) is 0 Å². The Kier molecular flexibility index (Phi) is 4.36. The Hall–Kier alpha value is -1.92. The zero-order valence-electron chi connectivity index (χ0n) is 11.2. The molecule has 0 fully saturated rings. The van der Waals surface area contributed by atoms with Crippen molar-refractivity contribution in [2.45, 2.75) is 18.4 Å². The number of pyridine rings is 1. The number of nitrogens with two attached hydrogens (primary N) is 1. The molecule has 0 spiro atoms. The second kappa shape index (κ2) is 6.02. The highest BCUT2D eigenvalue weighted by molar-refractivity contribution is 7.92. The lowest BCUT2D eigenvalue weighted by Crippen LogP contribution is -2.31. The van der Waals surface area contributed by atoms with Crippen LogP contribution in [-0.4, -0.2) is 19.9 Å². The zero-order valence-corrected chi connectivity index (χ0v) is 12.0. The zero-order chi connectivity index (χ0) is 14.6. The van der Waals surface area contributed by atoms with E-state index in [1.165, 1.54) is 10.4 Å². The lowest BCUT2D eigenvalue weighted by molar-refractivity contribution is 0.590. The maximum absolute atomic E-state index is 12.8. The van der Waals surface area contributed by atoms with Crippen LogP contribution in [0.15, 0.2) is 53.6 Å². The molecule has 0 aliphatic carbocycles. The van der Waals surface area contributed by atoms with Gasteiger partial charge in [-0.05, 0) is 31.2 Å². The lowest BCUT2D eigenvalue weighted by Gasteiger charge is -2.23. The molecule has 0 bridgehead atoms. The summed E-state index contributed by atoms with van der Waals surface area (Å²) in [7, 11) is -3.66. The van der Waals surface area contributed by atoms with Gasteiger partial charge in [0, 0.05) is 19.3 Å². The Morgan fingerprint density at radius 3 is 2.45 bits per heavy atom. The maximum Gasteiger partial charge on any atom is 0.266 e. The predicted octanol–water partition coefficient (Wildman–Crippen LogP) is 1.76. The highest BCUT2D eigenvalue weighted by atomic mass is 32.2. The Bertz CT molecular complexity index is 672. The van der Waals surface area contributed by atoms with Gasteiger partial charge in [-0.15, -0.1) is 0 Å². The number of rotatable bonds is 5. The molecule has 2 rings (SSSR count). The summed E-state index contributed by atoms with van der Waals surface area (Å²) in [5.41, 5.74) is 6.59. The molecule has 20 heavy (non-hydrogen) atoms. The quantitative estimate of drug-likeness (QED) is 0.910. The number of hydrogen-bond donors (Lipinski definition) is 1. The fourth-order valence-corrected chi connectivity index (χ4v) is 3.68. The summed E-state index contributed by atoms with van der Waals surface area (Å²) < 4.78 is 26.9. The van der Waals surface area contributed by atoms with Crippen LogP contribution in [0.5, 0.6) is 0 Å². The second-order valence-corrected chi connectivity index (χ2v) is 5.99. The van der Waals surface area contributed by atoms with E-state index in [2.05, 4.69) is 4.98 Å². The molecule has 0 saturated heterocycles. The minimum atomic E-state index is -3.66. The van der Waals surface area contributed by atoms with Gasteiger partial charge in [0.25, 0.3) is 10.0 Å². The van der Waals surface area contributed by atoms with Crippen LogP contribution in [0, 0.1) is 0 Å². The van der Waals surface area contributed by atoms with Crippen LogP contribution in [0.3, 0.4) is 0 Å². The van der Waals surface area contributed by atoms with Crippen molar-refractivity contribution < 1.29 is 8.42 Å². The minimum Gasteiger partial charge on any atom is -0.325 e. The summed E-state index contributed by atoms with van der Waals surface area (Å²) in [6, 6.07) is 12.1. The third-order valence-electron chi connectivity index (χ3n) is 2.94. The highest BCUT2D eigenvalue weighted by Crippen LogP contribution is 2.24. The summed E-state index contributed by atoms with van der Waals surface area (Å²) in [6.07, 6.45) is 1.54. The van der Waals surface area contributed by atoms with Gasteiger partial charge in [-0.3, -0.25) is 9.29 Å². The third kappa shape index (κ3) is 2.66. The van der Waals surface area contributed by atoms with Crippen molar-refractivity contribution in [3.63, 3.8) is 0 Å². The fourth-order valence-electron chi connectivity index (χ4n) is 2.02. The largest absolute Gasteiger partial charge is 0.325 e. The van der Waals surface area contributed by atoms with Gasteiger partial charge in [0.05, 0.1) is 11.4 Å².